The van der Waals surface area contributed by atoms with Gasteiger partial charge in [-0.3, -0.25) is 9.78 Å². The number of aromatic nitrogens is 3. The first-order chi connectivity index (χ1) is 11.1. The fraction of sp³-hybridized carbons (Fsp3) is 0.467. The average molecular weight is 335 g/mol. The first-order valence-corrected chi connectivity index (χ1v) is 7.72. The highest BCUT2D eigenvalue weighted by Gasteiger charge is 2.28. The summed E-state index contributed by atoms with van der Waals surface area (Å²) in [6.45, 7) is 0.850. The average Bonchev–Trinajstić information content (AvgIpc) is 3.37. The van der Waals surface area contributed by atoms with Crippen LogP contribution in [0.3, 0.4) is 0 Å². The number of pyridine rings is 1. The Morgan fingerprint density at radius 1 is 1.48 bits per heavy atom. The van der Waals surface area contributed by atoms with Crippen LogP contribution in [-0.4, -0.2) is 41.3 Å². The zero-order valence-electron chi connectivity index (χ0n) is 12.9. The van der Waals surface area contributed by atoms with Crippen molar-refractivity contribution in [3.63, 3.8) is 0 Å². The van der Waals surface area contributed by atoms with Gasteiger partial charge in [0.25, 0.3) is 5.56 Å². The molecule has 2 aromatic heterocycles. The van der Waals surface area contributed by atoms with Crippen LogP contribution in [-0.2, 0) is 16.0 Å². The van der Waals surface area contributed by atoms with Crippen molar-refractivity contribution in [2.45, 2.75) is 25.3 Å². The van der Waals surface area contributed by atoms with Crippen LogP contribution >= 0.6 is 12.2 Å². The quantitative estimate of drug-likeness (QED) is 0.662. The number of rotatable bonds is 5. The Kier molecular flexibility index (Phi) is 4.27. The Balaban J connectivity index is 2.35. The van der Waals surface area contributed by atoms with E-state index in [1.165, 1.54) is 7.11 Å². The Bertz CT molecular complexity index is 883. The number of nitrogens with zero attached hydrogens (tertiary/aromatic N) is 2. The summed E-state index contributed by atoms with van der Waals surface area (Å²) >= 11 is 5.24. The van der Waals surface area contributed by atoms with Crippen LogP contribution in [0.4, 0.5) is 0 Å². The van der Waals surface area contributed by atoms with Crippen LogP contribution in [0.25, 0.3) is 11.0 Å². The predicted octanol–water partition coefficient (Wildman–Crippen LogP) is 1.76. The standard InChI is InChI=1S/C15H17N3O4S/c1-21-6-5-18-12-11(13(19)17-15(18)23)9(14(20)22-2)7-10(16-12)8-3-4-8/h7-8H,3-6H2,1-2H3,(H,17,19,23). The molecule has 1 fully saturated rings. The number of hydrogen-bond donors (Lipinski definition) is 1. The summed E-state index contributed by atoms with van der Waals surface area (Å²) in [5, 5.41) is 0.200. The lowest BCUT2D eigenvalue weighted by Gasteiger charge is -2.13. The molecule has 0 aromatic carbocycles. The van der Waals surface area contributed by atoms with E-state index in [0.29, 0.717) is 24.7 Å². The van der Waals surface area contributed by atoms with E-state index in [4.69, 9.17) is 21.7 Å². The van der Waals surface area contributed by atoms with Crippen LogP contribution in [0.15, 0.2) is 10.9 Å². The summed E-state index contributed by atoms with van der Waals surface area (Å²) < 4.78 is 11.9. The first-order valence-electron chi connectivity index (χ1n) is 7.31. The van der Waals surface area contributed by atoms with Gasteiger partial charge in [0, 0.05) is 18.7 Å². The van der Waals surface area contributed by atoms with Crippen LogP contribution in [0, 0.1) is 4.77 Å². The van der Waals surface area contributed by atoms with Crippen molar-refractivity contribution in [1.29, 1.82) is 0 Å². The summed E-state index contributed by atoms with van der Waals surface area (Å²) in [7, 11) is 2.88. The summed E-state index contributed by atoms with van der Waals surface area (Å²) in [4.78, 5) is 31.7. The molecule has 0 saturated heterocycles. The molecule has 2 aromatic rings. The van der Waals surface area contributed by atoms with Gasteiger partial charge in [-0.15, -0.1) is 0 Å². The van der Waals surface area contributed by atoms with E-state index in [9.17, 15) is 9.59 Å². The van der Waals surface area contributed by atoms with Gasteiger partial charge < -0.3 is 14.0 Å². The maximum atomic E-state index is 12.3. The minimum atomic E-state index is -0.555. The topological polar surface area (TPSA) is 86.2 Å². The van der Waals surface area contributed by atoms with E-state index in [-0.39, 0.29) is 15.7 Å². The number of carbonyl (C=O) groups excluding carboxylic acids is 1. The third kappa shape index (κ3) is 2.91. The lowest BCUT2D eigenvalue weighted by molar-refractivity contribution is 0.0602. The number of hydrogen-bond acceptors (Lipinski definition) is 6. The molecule has 0 unspecified atom stereocenters. The number of methoxy groups -OCH3 is 2. The number of H-pyrrole nitrogens is 1. The van der Waals surface area contributed by atoms with Gasteiger partial charge in [-0.25, -0.2) is 9.78 Å². The maximum absolute atomic E-state index is 12.3. The second-order valence-corrected chi connectivity index (χ2v) is 5.85. The van der Waals surface area contributed by atoms with Crippen molar-refractivity contribution in [2.24, 2.45) is 0 Å². The molecule has 0 radical (unpaired) electrons. The molecule has 1 aliphatic carbocycles. The van der Waals surface area contributed by atoms with Gasteiger partial charge in [-0.2, -0.15) is 0 Å². The van der Waals surface area contributed by atoms with Crippen LogP contribution in [0.2, 0.25) is 0 Å². The highest BCUT2D eigenvalue weighted by Crippen LogP contribution is 2.40. The van der Waals surface area contributed by atoms with Crippen molar-refractivity contribution >= 4 is 29.2 Å². The first kappa shape index (κ1) is 15.8. The van der Waals surface area contributed by atoms with Gasteiger partial charge in [0.15, 0.2) is 4.77 Å². The summed E-state index contributed by atoms with van der Waals surface area (Å²) in [6.07, 6.45) is 2.06. The Labute approximate surface area is 137 Å². The SMILES string of the molecule is COCCn1c(=S)[nH]c(=O)c2c(C(=O)OC)cc(C3CC3)nc21. The van der Waals surface area contributed by atoms with Crippen molar-refractivity contribution in [1.82, 2.24) is 14.5 Å². The number of fused-ring (bicyclic) bond motifs is 1. The highest BCUT2D eigenvalue weighted by atomic mass is 32.1. The Morgan fingerprint density at radius 3 is 2.83 bits per heavy atom. The van der Waals surface area contributed by atoms with Crippen molar-refractivity contribution in [3.05, 3.63) is 32.4 Å². The fourth-order valence-electron chi connectivity index (χ4n) is 2.54. The van der Waals surface area contributed by atoms with Gasteiger partial charge in [-0.1, -0.05) is 0 Å². The van der Waals surface area contributed by atoms with E-state index in [2.05, 4.69) is 9.97 Å². The molecule has 0 atom stereocenters. The third-order valence-corrected chi connectivity index (χ3v) is 4.21. The lowest BCUT2D eigenvalue weighted by atomic mass is 10.1. The highest BCUT2D eigenvalue weighted by molar-refractivity contribution is 7.71. The smallest absolute Gasteiger partial charge is 0.338 e. The molecule has 1 saturated carbocycles. The van der Waals surface area contributed by atoms with Crippen molar-refractivity contribution in [2.75, 3.05) is 20.8 Å². The maximum Gasteiger partial charge on any atom is 0.338 e. The summed E-state index contributed by atoms with van der Waals surface area (Å²) in [5.74, 6) is -0.230. The van der Waals surface area contributed by atoms with Crippen molar-refractivity contribution < 1.29 is 14.3 Å². The van der Waals surface area contributed by atoms with Crippen LogP contribution in [0.1, 0.15) is 34.8 Å². The van der Waals surface area contributed by atoms with Gasteiger partial charge in [-0.05, 0) is 31.1 Å². The molecule has 0 spiro atoms. The van der Waals surface area contributed by atoms with Gasteiger partial charge in [0.05, 0.1) is 31.2 Å². The number of aromatic amines is 1. The number of carbonyl (C=O) groups is 1. The number of nitrogens with one attached hydrogen (secondary N) is 1. The largest absolute Gasteiger partial charge is 0.465 e. The molecule has 7 nitrogen and oxygen atoms in total. The molecule has 122 valence electrons. The molecule has 3 rings (SSSR count). The molecule has 8 heteroatoms. The van der Waals surface area contributed by atoms with E-state index >= 15 is 0 Å². The third-order valence-electron chi connectivity index (χ3n) is 3.89. The van der Waals surface area contributed by atoms with Crippen LogP contribution in [0.5, 0.6) is 0 Å². The fourth-order valence-corrected chi connectivity index (χ4v) is 2.81. The van der Waals surface area contributed by atoms with Gasteiger partial charge in [0.2, 0.25) is 0 Å². The zero-order chi connectivity index (χ0) is 16.6. The summed E-state index contributed by atoms with van der Waals surface area (Å²) in [5.41, 5.74) is 0.986. The normalized spacial score (nSPS) is 14.2. The molecule has 23 heavy (non-hydrogen) atoms. The van der Waals surface area contributed by atoms with E-state index in [0.717, 1.165) is 18.5 Å². The zero-order valence-corrected chi connectivity index (χ0v) is 13.7. The van der Waals surface area contributed by atoms with E-state index in [1.807, 2.05) is 0 Å². The summed E-state index contributed by atoms with van der Waals surface area (Å²) in [6, 6.07) is 1.66. The van der Waals surface area contributed by atoms with Gasteiger partial charge in [0.1, 0.15) is 5.65 Å². The number of esters is 1. The minimum Gasteiger partial charge on any atom is -0.465 e. The monoisotopic (exact) mass is 335 g/mol. The minimum absolute atomic E-state index is 0.200. The molecular formula is C15H17N3O4S. The van der Waals surface area contributed by atoms with Crippen molar-refractivity contribution in [3.8, 4) is 0 Å². The second kappa shape index (κ2) is 6.21. The second-order valence-electron chi connectivity index (χ2n) is 5.46. The van der Waals surface area contributed by atoms with Crippen LogP contribution < -0.4 is 5.56 Å². The predicted molar refractivity (Wildman–Crippen MR) is 86.4 cm³/mol. The van der Waals surface area contributed by atoms with E-state index < -0.39 is 11.5 Å². The molecule has 0 aliphatic heterocycles. The lowest BCUT2D eigenvalue weighted by Crippen LogP contribution is -2.21. The molecule has 1 aliphatic rings. The Morgan fingerprint density at radius 2 is 2.22 bits per heavy atom. The Hall–Kier alpha value is -2.06. The van der Waals surface area contributed by atoms with E-state index in [1.54, 1.807) is 17.7 Å². The molecule has 0 amide bonds. The molecular weight excluding hydrogens is 318 g/mol. The molecule has 2 heterocycles. The van der Waals surface area contributed by atoms with Gasteiger partial charge >= 0.3 is 5.97 Å². The molecule has 1 N–H and O–H groups in total. The molecule has 0 bridgehead atoms. The number of ether oxygens (including phenoxy) is 2.